The molecule has 1 aliphatic carbocycles. The van der Waals surface area contributed by atoms with Crippen LogP contribution in [-0.4, -0.2) is 22.8 Å². The van der Waals surface area contributed by atoms with Gasteiger partial charge in [0.2, 0.25) is 0 Å². The monoisotopic (exact) mass is 334 g/mol. The van der Waals surface area contributed by atoms with Crippen molar-refractivity contribution in [1.82, 2.24) is 9.88 Å². The Morgan fingerprint density at radius 3 is 3.05 bits per heavy atom. The van der Waals surface area contributed by atoms with Crippen molar-refractivity contribution in [1.29, 1.82) is 0 Å². The van der Waals surface area contributed by atoms with Gasteiger partial charge in [0.05, 0.1) is 5.56 Å². The van der Waals surface area contributed by atoms with Gasteiger partial charge in [0.1, 0.15) is 5.15 Å². The third-order valence-electron chi connectivity index (χ3n) is 4.19. The molecular formula is C17H19ClN2OS. The molecule has 5 heteroatoms. The van der Waals surface area contributed by atoms with Gasteiger partial charge in [-0.25, -0.2) is 4.98 Å². The molecular weight excluding hydrogens is 316 g/mol. The van der Waals surface area contributed by atoms with E-state index in [1.807, 2.05) is 18.5 Å². The van der Waals surface area contributed by atoms with Crippen LogP contribution in [0.3, 0.4) is 0 Å². The zero-order chi connectivity index (χ0) is 15.7. The number of rotatable bonds is 3. The molecule has 116 valence electrons. The van der Waals surface area contributed by atoms with Crippen molar-refractivity contribution < 1.29 is 4.79 Å². The first-order valence-corrected chi connectivity index (χ1v) is 8.75. The molecule has 22 heavy (non-hydrogen) atoms. The average Bonchev–Trinajstić information content (AvgIpc) is 2.91. The maximum Gasteiger partial charge on any atom is 0.255 e. The number of nitrogens with zero attached hydrogens (tertiary/aromatic N) is 2. The van der Waals surface area contributed by atoms with Gasteiger partial charge in [-0.15, -0.1) is 11.3 Å². The summed E-state index contributed by atoms with van der Waals surface area (Å²) in [6.07, 6.45) is 5.03. The number of hydrogen-bond acceptors (Lipinski definition) is 3. The second kappa shape index (κ2) is 6.39. The van der Waals surface area contributed by atoms with Crippen molar-refractivity contribution in [3.8, 4) is 0 Å². The lowest BCUT2D eigenvalue weighted by molar-refractivity contribution is 0.0784. The van der Waals surface area contributed by atoms with Crippen LogP contribution in [0.2, 0.25) is 5.15 Å². The second-order valence-electron chi connectivity index (χ2n) is 6.05. The fourth-order valence-electron chi connectivity index (χ4n) is 2.91. The van der Waals surface area contributed by atoms with Gasteiger partial charge in [-0.3, -0.25) is 4.79 Å². The molecule has 3 rings (SSSR count). The number of carbonyl (C=O) groups is 1. The number of aromatic nitrogens is 1. The van der Waals surface area contributed by atoms with Crippen LogP contribution < -0.4 is 0 Å². The number of halogens is 1. The molecule has 0 saturated heterocycles. The molecule has 1 atom stereocenters. The Bertz CT molecular complexity index is 680. The van der Waals surface area contributed by atoms with Gasteiger partial charge in [0.25, 0.3) is 5.91 Å². The van der Waals surface area contributed by atoms with E-state index in [9.17, 15) is 4.79 Å². The lowest BCUT2D eigenvalue weighted by Gasteiger charge is -2.21. The molecule has 2 heterocycles. The molecule has 1 amide bonds. The summed E-state index contributed by atoms with van der Waals surface area (Å²) in [5.41, 5.74) is 3.14. The fraction of sp³-hybridized carbons (Fsp3) is 0.412. The lowest BCUT2D eigenvalue weighted by Crippen LogP contribution is -2.27. The molecule has 3 nitrogen and oxygen atoms in total. The highest BCUT2D eigenvalue weighted by Crippen LogP contribution is 2.33. The highest BCUT2D eigenvalue weighted by atomic mass is 35.5. The summed E-state index contributed by atoms with van der Waals surface area (Å²) < 4.78 is 0. The molecule has 0 aromatic carbocycles. The fourth-order valence-corrected chi connectivity index (χ4v) is 4.26. The molecule has 2 aromatic heterocycles. The predicted molar refractivity (Wildman–Crippen MR) is 90.6 cm³/mol. The molecule has 1 unspecified atom stereocenters. The minimum Gasteiger partial charge on any atom is -0.337 e. The van der Waals surface area contributed by atoms with Crippen molar-refractivity contribution in [3.63, 3.8) is 0 Å². The average molecular weight is 335 g/mol. The zero-order valence-corrected chi connectivity index (χ0v) is 14.4. The summed E-state index contributed by atoms with van der Waals surface area (Å²) in [5.74, 6) is 0.828. The smallest absolute Gasteiger partial charge is 0.255 e. The molecule has 0 aliphatic heterocycles. The zero-order valence-electron chi connectivity index (χ0n) is 12.8. The first kappa shape index (κ1) is 15.5. The quantitative estimate of drug-likeness (QED) is 0.788. The van der Waals surface area contributed by atoms with Crippen LogP contribution in [0.15, 0.2) is 23.7 Å². The normalized spacial score (nSPS) is 17.1. The largest absolute Gasteiger partial charge is 0.337 e. The number of amides is 1. The summed E-state index contributed by atoms with van der Waals surface area (Å²) in [7, 11) is 1.84. The van der Waals surface area contributed by atoms with Crippen LogP contribution in [0.1, 0.15) is 39.7 Å². The highest BCUT2D eigenvalue weighted by Gasteiger charge is 2.24. The molecule has 0 bridgehead atoms. The topological polar surface area (TPSA) is 33.2 Å². The Labute approximate surface area is 139 Å². The van der Waals surface area contributed by atoms with Crippen molar-refractivity contribution >= 4 is 28.8 Å². The maximum atomic E-state index is 12.7. The number of thiophene rings is 1. The van der Waals surface area contributed by atoms with Gasteiger partial charge in [0.15, 0.2) is 0 Å². The van der Waals surface area contributed by atoms with Gasteiger partial charge in [-0.1, -0.05) is 24.6 Å². The summed E-state index contributed by atoms with van der Waals surface area (Å²) in [5, 5.41) is 2.50. The molecule has 0 spiro atoms. The van der Waals surface area contributed by atoms with E-state index in [1.54, 1.807) is 28.5 Å². The van der Waals surface area contributed by atoms with Crippen LogP contribution in [0.25, 0.3) is 0 Å². The molecule has 2 aromatic rings. The first-order chi connectivity index (χ1) is 10.5. The Morgan fingerprint density at radius 1 is 1.50 bits per heavy atom. The Morgan fingerprint density at radius 2 is 2.32 bits per heavy atom. The third-order valence-corrected chi connectivity index (χ3v) is 5.46. The number of fused-ring (bicyclic) bond motifs is 1. The number of pyridine rings is 1. The predicted octanol–water partition coefficient (Wildman–Crippen LogP) is 4.19. The first-order valence-electron chi connectivity index (χ1n) is 7.49. The third kappa shape index (κ3) is 3.18. The number of carbonyl (C=O) groups excluding carboxylic acids is 1. The van der Waals surface area contributed by atoms with E-state index in [0.717, 1.165) is 29.9 Å². The van der Waals surface area contributed by atoms with Gasteiger partial charge < -0.3 is 4.90 Å². The van der Waals surface area contributed by atoms with E-state index < -0.39 is 0 Å². The van der Waals surface area contributed by atoms with Crippen LogP contribution >= 0.6 is 22.9 Å². The van der Waals surface area contributed by atoms with E-state index >= 15 is 0 Å². The molecule has 0 radical (unpaired) electrons. The van der Waals surface area contributed by atoms with Crippen molar-refractivity contribution in [2.45, 2.75) is 32.7 Å². The van der Waals surface area contributed by atoms with Gasteiger partial charge in [-0.2, -0.15) is 0 Å². The number of hydrogen-bond donors (Lipinski definition) is 0. The minimum atomic E-state index is 0.0991. The van der Waals surface area contributed by atoms with Gasteiger partial charge in [-0.05, 0) is 42.4 Å². The molecule has 0 N–H and O–H groups in total. The standard InChI is InChI=1S/C17H19ClN2OS/c1-11-3-5-13-14(10-22-15(13)7-11)17(21)20(2)9-12-4-6-16(18)19-8-12/h4,6,8,10-11H,3,5,7,9H2,1-2H3. The molecule has 0 saturated carbocycles. The maximum absolute atomic E-state index is 12.7. The van der Waals surface area contributed by atoms with E-state index in [-0.39, 0.29) is 5.91 Å². The van der Waals surface area contributed by atoms with Crippen molar-refractivity contribution in [2.24, 2.45) is 5.92 Å². The lowest BCUT2D eigenvalue weighted by atomic mass is 9.88. The van der Waals surface area contributed by atoms with E-state index in [4.69, 9.17) is 11.6 Å². The summed E-state index contributed by atoms with van der Waals surface area (Å²) in [6.45, 7) is 2.83. The van der Waals surface area contributed by atoms with E-state index in [2.05, 4.69) is 11.9 Å². The van der Waals surface area contributed by atoms with Gasteiger partial charge in [0, 0.05) is 30.0 Å². The molecule has 1 aliphatic rings. The van der Waals surface area contributed by atoms with Crippen LogP contribution in [-0.2, 0) is 19.4 Å². The summed E-state index contributed by atoms with van der Waals surface area (Å²) in [6, 6.07) is 3.66. The van der Waals surface area contributed by atoms with Gasteiger partial charge >= 0.3 is 0 Å². The van der Waals surface area contributed by atoms with E-state index in [1.165, 1.54) is 16.9 Å². The summed E-state index contributed by atoms with van der Waals surface area (Å²) in [4.78, 5) is 19.9. The van der Waals surface area contributed by atoms with Crippen LogP contribution in [0, 0.1) is 5.92 Å². The van der Waals surface area contributed by atoms with E-state index in [0.29, 0.717) is 11.7 Å². The second-order valence-corrected chi connectivity index (χ2v) is 7.40. The minimum absolute atomic E-state index is 0.0991. The van der Waals surface area contributed by atoms with Crippen LogP contribution in [0.4, 0.5) is 0 Å². The Kier molecular flexibility index (Phi) is 4.50. The highest BCUT2D eigenvalue weighted by molar-refractivity contribution is 7.10. The molecule has 0 fully saturated rings. The Balaban J connectivity index is 1.75. The van der Waals surface area contributed by atoms with Crippen molar-refractivity contribution in [2.75, 3.05) is 7.05 Å². The Hall–Kier alpha value is -1.39. The van der Waals surface area contributed by atoms with Crippen LogP contribution in [0.5, 0.6) is 0 Å². The van der Waals surface area contributed by atoms with Crippen molar-refractivity contribution in [3.05, 3.63) is 50.4 Å². The SMILES string of the molecule is CC1CCc2c(C(=O)N(C)Cc3ccc(Cl)nc3)csc2C1. The summed E-state index contributed by atoms with van der Waals surface area (Å²) >= 11 is 7.53.